The first-order chi connectivity index (χ1) is 8.22. The summed E-state index contributed by atoms with van der Waals surface area (Å²) in [6.45, 7) is 4.67. The average Bonchev–Trinajstić information content (AvgIpc) is 2.82. The van der Waals surface area contributed by atoms with Crippen molar-refractivity contribution in [3.05, 3.63) is 28.8 Å². The molecule has 0 saturated carbocycles. The maximum atomic E-state index is 11.7. The van der Waals surface area contributed by atoms with Crippen LogP contribution in [0, 0.1) is 0 Å². The second-order valence-corrected chi connectivity index (χ2v) is 4.62. The Hall–Kier alpha value is -1.22. The fourth-order valence-corrected chi connectivity index (χ4v) is 2.38. The van der Waals surface area contributed by atoms with Crippen molar-refractivity contribution in [1.29, 1.82) is 0 Å². The van der Waals surface area contributed by atoms with Gasteiger partial charge in [0.1, 0.15) is 0 Å². The van der Waals surface area contributed by atoms with Crippen LogP contribution in [0.2, 0.25) is 5.02 Å². The van der Waals surface area contributed by atoms with E-state index in [4.69, 9.17) is 11.6 Å². The van der Waals surface area contributed by atoms with Crippen LogP contribution in [0.4, 0.5) is 5.69 Å². The van der Waals surface area contributed by atoms with E-state index >= 15 is 0 Å². The van der Waals surface area contributed by atoms with E-state index in [1.54, 1.807) is 6.07 Å². The molecule has 0 bridgehead atoms. The highest BCUT2D eigenvalue weighted by molar-refractivity contribution is 6.34. The summed E-state index contributed by atoms with van der Waals surface area (Å²) in [4.78, 5) is 14.0. The van der Waals surface area contributed by atoms with Crippen LogP contribution >= 0.6 is 11.6 Å². The van der Waals surface area contributed by atoms with Crippen LogP contribution < -0.4 is 10.2 Å². The Labute approximate surface area is 107 Å². The lowest BCUT2D eigenvalue weighted by Crippen LogP contribution is -2.23. The van der Waals surface area contributed by atoms with E-state index in [9.17, 15) is 4.79 Å². The third kappa shape index (κ3) is 2.72. The largest absolute Gasteiger partial charge is 0.371 e. The van der Waals surface area contributed by atoms with Gasteiger partial charge in [0, 0.05) is 25.3 Å². The van der Waals surface area contributed by atoms with Crippen molar-refractivity contribution in [3.63, 3.8) is 0 Å². The molecule has 1 amide bonds. The zero-order chi connectivity index (χ0) is 12.3. The summed E-state index contributed by atoms with van der Waals surface area (Å²) in [5, 5.41) is 3.28. The van der Waals surface area contributed by atoms with Crippen molar-refractivity contribution in [2.45, 2.75) is 19.8 Å². The van der Waals surface area contributed by atoms with Crippen LogP contribution in [0.15, 0.2) is 18.2 Å². The average molecular weight is 253 g/mol. The SMILES string of the molecule is CCNC(=O)c1ccc(N2CCCC2)cc1Cl. The standard InChI is InChI=1S/C13H17ClN2O/c1-2-15-13(17)11-6-5-10(9-12(11)14)16-7-3-4-8-16/h5-6,9H,2-4,7-8H2,1H3,(H,15,17). The number of nitrogens with one attached hydrogen (secondary N) is 1. The molecule has 1 aromatic carbocycles. The lowest BCUT2D eigenvalue weighted by Gasteiger charge is -2.18. The third-order valence-electron chi connectivity index (χ3n) is 3.01. The number of rotatable bonds is 3. The monoisotopic (exact) mass is 252 g/mol. The van der Waals surface area contributed by atoms with Crippen molar-refractivity contribution >= 4 is 23.2 Å². The molecule has 0 atom stereocenters. The second kappa shape index (κ2) is 5.41. The van der Waals surface area contributed by atoms with Gasteiger partial charge in [-0.2, -0.15) is 0 Å². The van der Waals surface area contributed by atoms with Crippen LogP contribution in [-0.2, 0) is 0 Å². The first kappa shape index (κ1) is 12.2. The third-order valence-corrected chi connectivity index (χ3v) is 3.32. The molecule has 0 radical (unpaired) electrons. The summed E-state index contributed by atoms with van der Waals surface area (Å²) in [6.07, 6.45) is 2.46. The van der Waals surface area contributed by atoms with Gasteiger partial charge in [0.2, 0.25) is 0 Å². The number of benzene rings is 1. The van der Waals surface area contributed by atoms with Crippen LogP contribution in [0.5, 0.6) is 0 Å². The number of hydrogen-bond acceptors (Lipinski definition) is 2. The predicted molar refractivity (Wildman–Crippen MR) is 70.9 cm³/mol. The van der Waals surface area contributed by atoms with Crippen molar-refractivity contribution in [2.24, 2.45) is 0 Å². The molecule has 1 aromatic rings. The van der Waals surface area contributed by atoms with E-state index in [0.717, 1.165) is 18.8 Å². The molecule has 4 heteroatoms. The Balaban J connectivity index is 2.19. The number of carbonyl (C=O) groups excluding carboxylic acids is 1. The molecule has 1 heterocycles. The molecule has 0 unspecified atom stereocenters. The van der Waals surface area contributed by atoms with Gasteiger partial charge in [-0.05, 0) is 38.0 Å². The van der Waals surface area contributed by atoms with Crippen molar-refractivity contribution in [3.8, 4) is 0 Å². The van der Waals surface area contributed by atoms with Gasteiger partial charge in [-0.1, -0.05) is 11.6 Å². The van der Waals surface area contributed by atoms with Crippen LogP contribution in [-0.4, -0.2) is 25.5 Å². The lowest BCUT2D eigenvalue weighted by molar-refractivity contribution is 0.0956. The fraction of sp³-hybridized carbons (Fsp3) is 0.462. The zero-order valence-corrected chi connectivity index (χ0v) is 10.8. The van der Waals surface area contributed by atoms with Gasteiger partial charge in [-0.3, -0.25) is 4.79 Å². The summed E-state index contributed by atoms with van der Waals surface area (Å²) >= 11 is 6.15. The van der Waals surface area contributed by atoms with Gasteiger partial charge in [-0.25, -0.2) is 0 Å². The maximum Gasteiger partial charge on any atom is 0.252 e. The number of anilines is 1. The Kier molecular flexibility index (Phi) is 3.89. The smallest absolute Gasteiger partial charge is 0.252 e. The number of nitrogens with zero attached hydrogens (tertiary/aromatic N) is 1. The highest BCUT2D eigenvalue weighted by atomic mass is 35.5. The van der Waals surface area contributed by atoms with Crippen molar-refractivity contribution in [1.82, 2.24) is 5.32 Å². The van der Waals surface area contributed by atoms with E-state index in [-0.39, 0.29) is 5.91 Å². The minimum Gasteiger partial charge on any atom is -0.371 e. The van der Waals surface area contributed by atoms with E-state index in [1.165, 1.54) is 12.8 Å². The molecule has 1 aliphatic rings. The molecule has 3 nitrogen and oxygen atoms in total. The van der Waals surface area contributed by atoms with Crippen molar-refractivity contribution < 1.29 is 4.79 Å². The molecule has 1 fully saturated rings. The minimum absolute atomic E-state index is 0.106. The van der Waals surface area contributed by atoms with Crippen LogP contribution in [0.25, 0.3) is 0 Å². The first-order valence-electron chi connectivity index (χ1n) is 6.05. The minimum atomic E-state index is -0.106. The van der Waals surface area contributed by atoms with Gasteiger partial charge < -0.3 is 10.2 Å². The molecule has 0 aliphatic carbocycles. The highest BCUT2D eigenvalue weighted by Gasteiger charge is 2.15. The number of carbonyl (C=O) groups is 1. The van der Waals surface area contributed by atoms with Gasteiger partial charge in [-0.15, -0.1) is 0 Å². The predicted octanol–water partition coefficient (Wildman–Crippen LogP) is 2.69. The van der Waals surface area contributed by atoms with E-state index in [1.807, 2.05) is 19.1 Å². The Morgan fingerprint density at radius 1 is 1.41 bits per heavy atom. The van der Waals surface area contributed by atoms with Crippen LogP contribution in [0.1, 0.15) is 30.1 Å². The summed E-state index contributed by atoms with van der Waals surface area (Å²) in [7, 11) is 0. The Morgan fingerprint density at radius 3 is 2.71 bits per heavy atom. The van der Waals surface area contributed by atoms with E-state index < -0.39 is 0 Å². The second-order valence-electron chi connectivity index (χ2n) is 4.22. The maximum absolute atomic E-state index is 11.7. The Bertz CT molecular complexity index is 414. The topological polar surface area (TPSA) is 32.3 Å². The van der Waals surface area contributed by atoms with Crippen molar-refractivity contribution in [2.75, 3.05) is 24.5 Å². The number of hydrogen-bond donors (Lipinski definition) is 1. The lowest BCUT2D eigenvalue weighted by atomic mass is 10.2. The molecule has 1 aliphatic heterocycles. The summed E-state index contributed by atoms with van der Waals surface area (Å²) in [5.74, 6) is -0.106. The van der Waals surface area contributed by atoms with Gasteiger partial charge in [0.05, 0.1) is 10.6 Å². The first-order valence-corrected chi connectivity index (χ1v) is 6.43. The molecular formula is C13H17ClN2O. The highest BCUT2D eigenvalue weighted by Crippen LogP contribution is 2.26. The van der Waals surface area contributed by atoms with Gasteiger partial charge >= 0.3 is 0 Å². The molecule has 0 spiro atoms. The number of amides is 1. The molecule has 1 saturated heterocycles. The Morgan fingerprint density at radius 2 is 2.12 bits per heavy atom. The summed E-state index contributed by atoms with van der Waals surface area (Å²) < 4.78 is 0. The molecule has 1 N–H and O–H groups in total. The van der Waals surface area contributed by atoms with E-state index in [2.05, 4.69) is 10.2 Å². The van der Waals surface area contributed by atoms with E-state index in [0.29, 0.717) is 17.1 Å². The molecule has 2 rings (SSSR count). The van der Waals surface area contributed by atoms with Gasteiger partial charge in [0.25, 0.3) is 5.91 Å². The number of halogens is 1. The van der Waals surface area contributed by atoms with Gasteiger partial charge in [0.15, 0.2) is 0 Å². The molecule has 17 heavy (non-hydrogen) atoms. The summed E-state index contributed by atoms with van der Waals surface area (Å²) in [5.41, 5.74) is 1.66. The van der Waals surface area contributed by atoms with Crippen LogP contribution in [0.3, 0.4) is 0 Å². The molecule has 0 aromatic heterocycles. The zero-order valence-electron chi connectivity index (χ0n) is 10.0. The molecule has 92 valence electrons. The normalized spacial score (nSPS) is 15.1. The quantitative estimate of drug-likeness (QED) is 0.897. The summed E-state index contributed by atoms with van der Waals surface area (Å²) in [6, 6.07) is 5.67. The molecular weight excluding hydrogens is 236 g/mol. The fourth-order valence-electron chi connectivity index (χ4n) is 2.12.